The van der Waals surface area contributed by atoms with Gasteiger partial charge in [0, 0.05) is 12.6 Å². The molecule has 27 heavy (non-hydrogen) atoms. The summed E-state index contributed by atoms with van der Waals surface area (Å²) in [7, 11) is 3.18. The van der Waals surface area contributed by atoms with E-state index in [0.29, 0.717) is 23.4 Å². The molecule has 0 fully saturated rings. The number of hydrogen-bond acceptors (Lipinski definition) is 5. The van der Waals surface area contributed by atoms with Gasteiger partial charge < -0.3 is 14.4 Å². The minimum atomic E-state index is -0.117. The molecule has 0 radical (unpaired) electrons. The number of methoxy groups -OCH3 is 2. The Morgan fingerprint density at radius 1 is 1.15 bits per heavy atom. The molecule has 0 saturated carbocycles. The summed E-state index contributed by atoms with van der Waals surface area (Å²) in [6.07, 6.45) is 1.75. The number of rotatable bonds is 4. The summed E-state index contributed by atoms with van der Waals surface area (Å²) in [6, 6.07) is 11.2. The van der Waals surface area contributed by atoms with Crippen LogP contribution in [0.25, 0.3) is 10.1 Å². The number of aryl methyl sites for hydroxylation is 1. The van der Waals surface area contributed by atoms with Crippen molar-refractivity contribution in [1.29, 1.82) is 0 Å². The Hall–Kier alpha value is -2.80. The standard InChI is InChI=1S/C20H20N2O4S/c1-25-16-10-13-6-5-9-21(15(13)11-17(16)26-2)19(23)12-22-20(24)14-7-3-4-8-18(14)27-22/h3-4,7-8,10-11H,5-6,9,12H2,1-2H3. The first-order valence-corrected chi connectivity index (χ1v) is 9.54. The van der Waals surface area contributed by atoms with Gasteiger partial charge >= 0.3 is 0 Å². The number of nitrogens with zero attached hydrogens (tertiary/aromatic N) is 2. The Kier molecular flexibility index (Phi) is 4.61. The first-order chi connectivity index (χ1) is 13.1. The van der Waals surface area contributed by atoms with Gasteiger partial charge in [-0.25, -0.2) is 0 Å². The lowest BCUT2D eigenvalue weighted by Crippen LogP contribution is -2.38. The number of hydrogen-bond donors (Lipinski definition) is 0. The number of amides is 1. The van der Waals surface area contributed by atoms with Gasteiger partial charge in [-0.3, -0.25) is 13.5 Å². The van der Waals surface area contributed by atoms with Gasteiger partial charge in [0.05, 0.1) is 30.0 Å². The van der Waals surface area contributed by atoms with E-state index in [1.54, 1.807) is 25.2 Å². The van der Waals surface area contributed by atoms with E-state index in [0.717, 1.165) is 28.8 Å². The predicted octanol–water partition coefficient (Wildman–Crippen LogP) is 3.06. The van der Waals surface area contributed by atoms with E-state index in [1.807, 2.05) is 30.3 Å². The van der Waals surface area contributed by atoms with Gasteiger partial charge in [-0.05, 0) is 36.6 Å². The topological polar surface area (TPSA) is 60.8 Å². The molecule has 0 saturated heterocycles. The van der Waals surface area contributed by atoms with Gasteiger partial charge in [-0.1, -0.05) is 23.7 Å². The molecule has 4 rings (SSSR count). The highest BCUT2D eigenvalue weighted by atomic mass is 32.1. The number of fused-ring (bicyclic) bond motifs is 2. The van der Waals surface area contributed by atoms with Gasteiger partial charge in [-0.2, -0.15) is 0 Å². The van der Waals surface area contributed by atoms with Crippen LogP contribution in [-0.4, -0.2) is 30.6 Å². The third-order valence-electron chi connectivity index (χ3n) is 4.84. The SMILES string of the molecule is COc1cc2c(cc1OC)N(C(=O)Cn1sc3ccccc3c1=O)CCC2. The molecule has 0 bridgehead atoms. The van der Waals surface area contributed by atoms with E-state index in [4.69, 9.17) is 9.47 Å². The van der Waals surface area contributed by atoms with Crippen molar-refractivity contribution in [2.45, 2.75) is 19.4 Å². The molecule has 140 valence electrons. The van der Waals surface area contributed by atoms with Crippen molar-refractivity contribution in [1.82, 2.24) is 3.96 Å². The number of anilines is 1. The van der Waals surface area contributed by atoms with Crippen LogP contribution in [0.2, 0.25) is 0 Å². The largest absolute Gasteiger partial charge is 0.493 e. The lowest BCUT2D eigenvalue weighted by molar-refractivity contribution is -0.119. The van der Waals surface area contributed by atoms with Crippen LogP contribution in [0.4, 0.5) is 5.69 Å². The van der Waals surface area contributed by atoms with Crippen molar-refractivity contribution in [2.24, 2.45) is 0 Å². The number of benzene rings is 2. The van der Waals surface area contributed by atoms with Gasteiger partial charge in [-0.15, -0.1) is 0 Å². The maximum atomic E-state index is 13.0. The zero-order valence-corrected chi connectivity index (χ0v) is 16.0. The van der Waals surface area contributed by atoms with Gasteiger partial charge in [0.1, 0.15) is 6.54 Å². The molecule has 2 aromatic carbocycles. The zero-order valence-electron chi connectivity index (χ0n) is 15.2. The summed E-state index contributed by atoms with van der Waals surface area (Å²) in [5.41, 5.74) is 1.77. The number of carbonyl (C=O) groups is 1. The normalized spacial score (nSPS) is 13.5. The maximum Gasteiger partial charge on any atom is 0.268 e. The molecule has 0 spiro atoms. The van der Waals surface area contributed by atoms with Crippen molar-refractivity contribution >= 4 is 33.2 Å². The van der Waals surface area contributed by atoms with Crippen LogP contribution in [0.1, 0.15) is 12.0 Å². The van der Waals surface area contributed by atoms with E-state index < -0.39 is 0 Å². The minimum absolute atomic E-state index is 0.0337. The second-order valence-corrected chi connectivity index (χ2v) is 7.48. The van der Waals surface area contributed by atoms with Crippen LogP contribution < -0.4 is 19.9 Å². The Balaban J connectivity index is 1.67. The van der Waals surface area contributed by atoms with Crippen LogP contribution in [0.5, 0.6) is 11.5 Å². The molecule has 2 heterocycles. The predicted molar refractivity (Wildman–Crippen MR) is 106 cm³/mol. The van der Waals surface area contributed by atoms with E-state index in [9.17, 15) is 9.59 Å². The molecule has 0 aliphatic carbocycles. The molecule has 0 unspecified atom stereocenters. The van der Waals surface area contributed by atoms with Crippen LogP contribution in [0.3, 0.4) is 0 Å². The lowest BCUT2D eigenvalue weighted by Gasteiger charge is -2.30. The maximum absolute atomic E-state index is 13.0. The molecule has 0 atom stereocenters. The molecule has 1 aromatic heterocycles. The third kappa shape index (κ3) is 3.08. The fourth-order valence-corrected chi connectivity index (χ4v) is 4.49. The summed E-state index contributed by atoms with van der Waals surface area (Å²) in [5.74, 6) is 1.15. The monoisotopic (exact) mass is 384 g/mol. The van der Waals surface area contributed by atoms with Crippen molar-refractivity contribution in [2.75, 3.05) is 25.7 Å². The zero-order chi connectivity index (χ0) is 19.0. The molecule has 7 heteroatoms. The molecule has 0 N–H and O–H groups in total. The molecule has 1 aliphatic rings. The van der Waals surface area contributed by atoms with Crippen LogP contribution in [0, 0.1) is 0 Å². The summed E-state index contributed by atoms with van der Waals surface area (Å²) in [5, 5.41) is 0.653. The molecule has 6 nitrogen and oxygen atoms in total. The fraction of sp³-hybridized carbons (Fsp3) is 0.300. The Bertz CT molecular complexity index is 1070. The highest BCUT2D eigenvalue weighted by Gasteiger charge is 2.25. The molecular weight excluding hydrogens is 364 g/mol. The van der Waals surface area contributed by atoms with Crippen LogP contribution in [-0.2, 0) is 17.8 Å². The van der Waals surface area contributed by atoms with Crippen molar-refractivity contribution < 1.29 is 14.3 Å². The van der Waals surface area contributed by atoms with Crippen molar-refractivity contribution in [3.8, 4) is 11.5 Å². The summed E-state index contributed by atoms with van der Waals surface area (Å²) in [4.78, 5) is 27.3. The van der Waals surface area contributed by atoms with Crippen molar-refractivity contribution in [3.63, 3.8) is 0 Å². The molecule has 3 aromatic rings. The third-order valence-corrected chi connectivity index (χ3v) is 5.90. The van der Waals surface area contributed by atoms with E-state index >= 15 is 0 Å². The number of aromatic nitrogens is 1. The second kappa shape index (κ2) is 7.08. The Morgan fingerprint density at radius 3 is 2.63 bits per heavy atom. The van der Waals surface area contributed by atoms with Gasteiger partial charge in [0.25, 0.3) is 5.56 Å². The highest BCUT2D eigenvalue weighted by molar-refractivity contribution is 7.13. The molecule has 1 amide bonds. The summed E-state index contributed by atoms with van der Waals surface area (Å²) >= 11 is 1.32. The quantitative estimate of drug-likeness (QED) is 0.694. The first kappa shape index (κ1) is 17.6. The van der Waals surface area contributed by atoms with Crippen LogP contribution >= 0.6 is 11.5 Å². The smallest absolute Gasteiger partial charge is 0.268 e. The second-order valence-electron chi connectivity index (χ2n) is 6.41. The molecular formula is C20H20N2O4S. The van der Waals surface area contributed by atoms with Gasteiger partial charge in [0.2, 0.25) is 5.91 Å². The Labute approximate surface area is 160 Å². The average molecular weight is 384 g/mol. The Morgan fingerprint density at radius 2 is 1.89 bits per heavy atom. The highest BCUT2D eigenvalue weighted by Crippen LogP contribution is 2.38. The molecule has 1 aliphatic heterocycles. The minimum Gasteiger partial charge on any atom is -0.493 e. The average Bonchev–Trinajstić information content (AvgIpc) is 3.01. The van der Waals surface area contributed by atoms with Crippen molar-refractivity contribution in [3.05, 3.63) is 52.3 Å². The summed E-state index contributed by atoms with van der Waals surface area (Å²) in [6.45, 7) is 0.660. The van der Waals surface area contributed by atoms with E-state index in [2.05, 4.69) is 0 Å². The first-order valence-electron chi connectivity index (χ1n) is 8.76. The van der Waals surface area contributed by atoms with Crippen LogP contribution in [0.15, 0.2) is 41.2 Å². The number of ether oxygens (including phenoxy) is 2. The number of carbonyl (C=O) groups excluding carboxylic acids is 1. The van der Waals surface area contributed by atoms with E-state index in [1.165, 1.54) is 15.5 Å². The fourth-order valence-electron chi connectivity index (χ4n) is 3.50. The van der Waals surface area contributed by atoms with E-state index in [-0.39, 0.29) is 18.0 Å². The van der Waals surface area contributed by atoms with Gasteiger partial charge in [0.15, 0.2) is 11.5 Å². The summed E-state index contributed by atoms with van der Waals surface area (Å²) < 4.78 is 13.2. The lowest BCUT2D eigenvalue weighted by atomic mass is 10.0.